The fourth-order valence-corrected chi connectivity index (χ4v) is 1.96. The average molecular weight is 272 g/mol. The monoisotopic (exact) mass is 272 g/mol. The van der Waals surface area contributed by atoms with Crippen molar-refractivity contribution in [3.63, 3.8) is 0 Å². The molecule has 2 rings (SSSR count). The molecule has 0 saturated heterocycles. The Labute approximate surface area is 111 Å². The molecule has 1 aliphatic heterocycles. The van der Waals surface area contributed by atoms with Crippen LogP contribution in [0.15, 0.2) is 18.2 Å². The Morgan fingerprint density at radius 2 is 1.84 bits per heavy atom. The van der Waals surface area contributed by atoms with Gasteiger partial charge in [0.25, 0.3) is 0 Å². The molecule has 19 heavy (non-hydrogen) atoms. The van der Waals surface area contributed by atoms with Gasteiger partial charge in [-0.3, -0.25) is 0 Å². The fourth-order valence-electron chi connectivity index (χ4n) is 1.96. The summed E-state index contributed by atoms with van der Waals surface area (Å²) in [6, 6.07) is 4.71. The summed E-state index contributed by atoms with van der Waals surface area (Å²) in [6.45, 7) is 7.84. The summed E-state index contributed by atoms with van der Waals surface area (Å²) in [4.78, 5) is 2.27. The number of nitrogens with zero attached hydrogens (tertiary/aromatic N) is 1. The van der Waals surface area contributed by atoms with Crippen LogP contribution in [0.1, 0.15) is 13.8 Å². The molecular weight excluding hydrogens is 254 g/mol. The van der Waals surface area contributed by atoms with E-state index < -0.39 is 6.29 Å². The molecule has 4 nitrogen and oxygen atoms in total. The molecule has 0 fully saturated rings. The van der Waals surface area contributed by atoms with Gasteiger partial charge in [0.1, 0.15) is 0 Å². The average Bonchev–Trinajstić information content (AvgIpc) is 2.67. The minimum absolute atomic E-state index is 0.0674. The van der Waals surface area contributed by atoms with E-state index in [9.17, 15) is 8.78 Å². The van der Waals surface area contributed by atoms with Crippen LogP contribution < -0.4 is 14.8 Å². The maximum absolute atomic E-state index is 12.8. The highest BCUT2D eigenvalue weighted by Gasteiger charge is 2.43. The number of hydrogen-bond donors (Lipinski definition) is 1. The zero-order valence-corrected chi connectivity index (χ0v) is 11.1. The van der Waals surface area contributed by atoms with Crippen molar-refractivity contribution in [3.8, 4) is 11.5 Å². The van der Waals surface area contributed by atoms with Crippen LogP contribution in [-0.4, -0.2) is 37.4 Å². The number of likely N-dealkylation sites (N-methyl/N-ethyl adjacent to an activating group) is 1. The van der Waals surface area contributed by atoms with Crippen LogP contribution in [0.2, 0.25) is 0 Å². The lowest BCUT2D eigenvalue weighted by Gasteiger charge is -2.18. The van der Waals surface area contributed by atoms with Gasteiger partial charge < -0.3 is 19.7 Å². The van der Waals surface area contributed by atoms with Gasteiger partial charge in [-0.05, 0) is 25.2 Å². The van der Waals surface area contributed by atoms with Crippen molar-refractivity contribution in [1.29, 1.82) is 0 Å². The second-order valence-corrected chi connectivity index (χ2v) is 4.28. The van der Waals surface area contributed by atoms with Crippen LogP contribution in [0.4, 0.5) is 14.5 Å². The first-order valence-corrected chi connectivity index (χ1v) is 6.40. The van der Waals surface area contributed by atoms with Gasteiger partial charge in [0.2, 0.25) is 0 Å². The van der Waals surface area contributed by atoms with Crippen molar-refractivity contribution in [1.82, 2.24) is 4.90 Å². The Kier molecular flexibility index (Phi) is 4.09. The highest BCUT2D eigenvalue weighted by atomic mass is 19.3. The Bertz CT molecular complexity index is 437. The summed E-state index contributed by atoms with van der Waals surface area (Å²) in [5, 5.41) is 3.18. The van der Waals surface area contributed by atoms with Crippen molar-refractivity contribution in [2.45, 2.75) is 20.1 Å². The van der Waals surface area contributed by atoms with Crippen LogP contribution in [0.5, 0.6) is 11.5 Å². The molecule has 0 saturated carbocycles. The van der Waals surface area contributed by atoms with E-state index in [0.29, 0.717) is 0 Å². The first-order chi connectivity index (χ1) is 9.04. The molecule has 106 valence electrons. The topological polar surface area (TPSA) is 33.7 Å². The highest BCUT2D eigenvalue weighted by Crippen LogP contribution is 2.42. The number of ether oxygens (including phenoxy) is 2. The lowest BCUT2D eigenvalue weighted by molar-refractivity contribution is -0.286. The number of fused-ring (bicyclic) bond motifs is 1. The maximum Gasteiger partial charge on any atom is 0.586 e. The number of nitrogens with one attached hydrogen (secondary N) is 1. The third-order valence-corrected chi connectivity index (χ3v) is 3.05. The summed E-state index contributed by atoms with van der Waals surface area (Å²) in [7, 11) is 0. The molecule has 0 amide bonds. The van der Waals surface area contributed by atoms with E-state index in [0.717, 1.165) is 31.9 Å². The minimum atomic E-state index is -3.55. The number of alkyl halides is 2. The molecule has 6 heteroatoms. The number of hydrogen-bond acceptors (Lipinski definition) is 4. The van der Waals surface area contributed by atoms with Gasteiger partial charge in [0.05, 0.1) is 0 Å². The molecule has 0 spiro atoms. The Morgan fingerprint density at radius 3 is 2.53 bits per heavy atom. The fraction of sp³-hybridized carbons (Fsp3) is 0.538. The van der Waals surface area contributed by atoms with Crippen molar-refractivity contribution in [2.75, 3.05) is 31.5 Å². The Morgan fingerprint density at radius 1 is 1.16 bits per heavy atom. The molecule has 0 bridgehead atoms. The van der Waals surface area contributed by atoms with Gasteiger partial charge in [-0.25, -0.2) is 0 Å². The zero-order chi connectivity index (χ0) is 13.9. The summed E-state index contributed by atoms with van der Waals surface area (Å²) in [6.07, 6.45) is -3.55. The van der Waals surface area contributed by atoms with Crippen LogP contribution in [0.25, 0.3) is 0 Å². The van der Waals surface area contributed by atoms with Gasteiger partial charge >= 0.3 is 6.29 Å². The van der Waals surface area contributed by atoms with E-state index in [1.54, 1.807) is 6.07 Å². The first-order valence-electron chi connectivity index (χ1n) is 6.40. The summed E-state index contributed by atoms with van der Waals surface area (Å²) >= 11 is 0. The van der Waals surface area contributed by atoms with E-state index in [1.807, 2.05) is 0 Å². The Hall–Kier alpha value is -1.56. The number of benzene rings is 1. The van der Waals surface area contributed by atoms with Crippen molar-refractivity contribution in [3.05, 3.63) is 18.2 Å². The van der Waals surface area contributed by atoms with Gasteiger partial charge in [-0.2, -0.15) is 0 Å². The van der Waals surface area contributed by atoms with Crippen LogP contribution in [-0.2, 0) is 0 Å². The van der Waals surface area contributed by atoms with Crippen LogP contribution >= 0.6 is 0 Å². The predicted octanol–water partition coefficient (Wildman–Crippen LogP) is 2.76. The summed E-state index contributed by atoms with van der Waals surface area (Å²) in [5.41, 5.74) is 0.743. The molecule has 1 N–H and O–H groups in total. The molecule has 1 aromatic rings. The molecule has 0 atom stereocenters. The maximum atomic E-state index is 12.8. The molecule has 0 unspecified atom stereocenters. The van der Waals surface area contributed by atoms with Gasteiger partial charge in [-0.1, -0.05) is 13.8 Å². The smallest absolute Gasteiger partial charge is 0.395 e. The Balaban J connectivity index is 1.90. The van der Waals surface area contributed by atoms with E-state index in [-0.39, 0.29) is 11.5 Å². The first kappa shape index (κ1) is 13.9. The molecule has 0 aliphatic carbocycles. The molecule has 1 heterocycles. The van der Waals surface area contributed by atoms with E-state index in [2.05, 4.69) is 33.5 Å². The van der Waals surface area contributed by atoms with E-state index in [1.165, 1.54) is 12.1 Å². The number of rotatable bonds is 6. The van der Waals surface area contributed by atoms with Crippen LogP contribution in [0.3, 0.4) is 0 Å². The van der Waals surface area contributed by atoms with Crippen molar-refractivity contribution in [2.24, 2.45) is 0 Å². The third-order valence-electron chi connectivity index (χ3n) is 3.05. The largest absolute Gasteiger partial charge is 0.586 e. The third kappa shape index (κ3) is 3.47. The van der Waals surface area contributed by atoms with Crippen LogP contribution in [0, 0.1) is 0 Å². The SMILES string of the molecule is CCN(CC)CCNc1ccc2c(c1)OC(F)(F)O2. The van der Waals surface area contributed by atoms with Gasteiger partial charge in [0, 0.05) is 24.8 Å². The van der Waals surface area contributed by atoms with Gasteiger partial charge in [-0.15, -0.1) is 8.78 Å². The molecule has 1 aromatic carbocycles. The second kappa shape index (κ2) is 5.61. The lowest BCUT2D eigenvalue weighted by Crippen LogP contribution is -2.28. The van der Waals surface area contributed by atoms with E-state index >= 15 is 0 Å². The van der Waals surface area contributed by atoms with Gasteiger partial charge in [0.15, 0.2) is 11.5 Å². The molecule has 1 aliphatic rings. The highest BCUT2D eigenvalue weighted by molar-refractivity contribution is 5.55. The normalized spacial score (nSPS) is 15.8. The minimum Gasteiger partial charge on any atom is -0.395 e. The molecular formula is C13H18F2N2O2. The summed E-state index contributed by atoms with van der Waals surface area (Å²) in [5.74, 6) is 0.136. The standard InChI is InChI=1S/C13H18F2N2O2/c1-3-17(4-2)8-7-16-10-5-6-11-12(9-10)19-13(14,15)18-11/h5-6,9,16H,3-4,7-8H2,1-2H3. The van der Waals surface area contributed by atoms with Crippen molar-refractivity contribution >= 4 is 5.69 Å². The quantitative estimate of drug-likeness (QED) is 0.863. The zero-order valence-electron chi connectivity index (χ0n) is 11.1. The second-order valence-electron chi connectivity index (χ2n) is 4.28. The predicted molar refractivity (Wildman–Crippen MR) is 68.9 cm³/mol. The molecule has 0 aromatic heterocycles. The molecule has 0 radical (unpaired) electrons. The summed E-state index contributed by atoms with van der Waals surface area (Å²) < 4.78 is 34.4. The van der Waals surface area contributed by atoms with E-state index in [4.69, 9.17) is 0 Å². The van der Waals surface area contributed by atoms with Crippen molar-refractivity contribution < 1.29 is 18.3 Å². The number of halogens is 2. The lowest BCUT2D eigenvalue weighted by atomic mass is 10.3. The number of anilines is 1.